The van der Waals surface area contributed by atoms with E-state index in [9.17, 15) is 8.42 Å². The van der Waals surface area contributed by atoms with E-state index >= 15 is 0 Å². The predicted molar refractivity (Wildman–Crippen MR) is 84.3 cm³/mol. The van der Waals surface area contributed by atoms with Gasteiger partial charge in [-0.25, -0.2) is 8.42 Å². The van der Waals surface area contributed by atoms with Gasteiger partial charge in [-0.05, 0) is 18.2 Å². The highest BCUT2D eigenvalue weighted by Crippen LogP contribution is 2.39. The minimum Gasteiger partial charge on any atom is -0.377 e. The zero-order chi connectivity index (χ0) is 14.9. The molecule has 2 aromatic rings. The van der Waals surface area contributed by atoms with Crippen LogP contribution in [0.5, 0.6) is 0 Å². The van der Waals surface area contributed by atoms with Crippen LogP contribution in [0.25, 0.3) is 11.1 Å². The maximum absolute atomic E-state index is 12.0. The third-order valence-electron chi connectivity index (χ3n) is 3.03. The topological polar surface area (TPSA) is 37.4 Å². The minimum atomic E-state index is -3.32. The molecule has 3 nitrogen and oxygen atoms in total. The molecule has 0 saturated heterocycles. The van der Waals surface area contributed by atoms with E-state index < -0.39 is 9.84 Å². The molecule has 0 atom stereocenters. The average Bonchev–Trinajstić information content (AvgIpc) is 2.37. The highest BCUT2D eigenvalue weighted by Gasteiger charge is 2.19. The second-order valence-corrected chi connectivity index (χ2v) is 7.19. The quantitative estimate of drug-likeness (QED) is 0.871. The van der Waals surface area contributed by atoms with Crippen LogP contribution >= 0.6 is 11.6 Å². The Morgan fingerprint density at radius 3 is 2.25 bits per heavy atom. The molecule has 2 rings (SSSR count). The molecule has 0 fully saturated rings. The molecule has 0 aliphatic heterocycles. The molecule has 0 aliphatic carbocycles. The van der Waals surface area contributed by atoms with Crippen molar-refractivity contribution in [1.82, 2.24) is 0 Å². The monoisotopic (exact) mass is 309 g/mol. The third-order valence-corrected chi connectivity index (χ3v) is 4.50. The van der Waals surface area contributed by atoms with Crippen LogP contribution in [0.1, 0.15) is 0 Å². The highest BCUT2D eigenvalue weighted by molar-refractivity contribution is 7.90. The third kappa shape index (κ3) is 2.81. The predicted octanol–water partition coefficient (Wildman–Crippen LogP) is 3.48. The molecule has 106 valence electrons. The smallest absolute Gasteiger partial charge is 0.176 e. The van der Waals surface area contributed by atoms with Gasteiger partial charge in [-0.3, -0.25) is 0 Å². The van der Waals surface area contributed by atoms with Gasteiger partial charge >= 0.3 is 0 Å². The minimum absolute atomic E-state index is 0.288. The number of rotatable bonds is 3. The summed E-state index contributed by atoms with van der Waals surface area (Å²) in [5, 5.41) is 0.535. The van der Waals surface area contributed by atoms with Gasteiger partial charge in [0.1, 0.15) is 0 Å². The van der Waals surface area contributed by atoms with Crippen molar-refractivity contribution in [2.24, 2.45) is 0 Å². The van der Waals surface area contributed by atoms with Crippen LogP contribution in [0.2, 0.25) is 5.02 Å². The second-order valence-electron chi connectivity index (χ2n) is 4.80. The fourth-order valence-corrected chi connectivity index (χ4v) is 3.32. The molecule has 0 amide bonds. The first-order valence-corrected chi connectivity index (χ1v) is 8.34. The lowest BCUT2D eigenvalue weighted by molar-refractivity contribution is 0.602. The molecule has 2 aromatic carbocycles. The lowest BCUT2D eigenvalue weighted by atomic mass is 10.0. The summed E-state index contributed by atoms with van der Waals surface area (Å²) in [5.74, 6) is 0. The molecule has 0 N–H and O–H groups in total. The van der Waals surface area contributed by atoms with Gasteiger partial charge in [-0.1, -0.05) is 35.9 Å². The SMILES string of the molecule is CN(C)c1cccc(Cl)c1-c1ccccc1S(C)(=O)=O. The van der Waals surface area contributed by atoms with Gasteiger partial charge < -0.3 is 4.90 Å². The normalized spacial score (nSPS) is 11.4. The van der Waals surface area contributed by atoms with Crippen LogP contribution in [-0.4, -0.2) is 28.8 Å². The molecule has 0 radical (unpaired) electrons. The molecule has 20 heavy (non-hydrogen) atoms. The Morgan fingerprint density at radius 2 is 1.65 bits per heavy atom. The Hall–Kier alpha value is -1.52. The standard InChI is InChI=1S/C15H16ClNO2S/c1-17(2)13-9-6-8-12(16)15(13)11-7-4-5-10-14(11)20(3,18)19/h4-10H,1-3H3. The molecular weight excluding hydrogens is 294 g/mol. The Kier molecular flexibility index (Phi) is 4.06. The van der Waals surface area contributed by atoms with E-state index in [1.54, 1.807) is 24.3 Å². The number of halogens is 1. The Morgan fingerprint density at radius 1 is 1.00 bits per heavy atom. The van der Waals surface area contributed by atoms with E-state index in [0.29, 0.717) is 10.6 Å². The molecule has 0 unspecified atom stereocenters. The zero-order valence-electron chi connectivity index (χ0n) is 11.6. The number of anilines is 1. The zero-order valence-corrected chi connectivity index (χ0v) is 13.2. The first-order chi connectivity index (χ1) is 9.32. The number of sulfone groups is 1. The number of hydrogen-bond donors (Lipinski definition) is 0. The summed E-state index contributed by atoms with van der Waals surface area (Å²) in [6.07, 6.45) is 1.21. The summed E-state index contributed by atoms with van der Waals surface area (Å²) in [6.45, 7) is 0. The van der Waals surface area contributed by atoms with Crippen molar-refractivity contribution >= 4 is 27.1 Å². The molecule has 0 heterocycles. The van der Waals surface area contributed by atoms with Crippen molar-refractivity contribution in [3.8, 4) is 11.1 Å². The van der Waals surface area contributed by atoms with E-state index in [4.69, 9.17) is 11.6 Å². The van der Waals surface area contributed by atoms with Crippen molar-refractivity contribution in [2.75, 3.05) is 25.3 Å². The Bertz CT molecular complexity index is 739. The number of benzene rings is 2. The lowest BCUT2D eigenvalue weighted by Crippen LogP contribution is -2.11. The lowest BCUT2D eigenvalue weighted by Gasteiger charge is -2.20. The summed E-state index contributed by atoms with van der Waals surface area (Å²) in [6, 6.07) is 12.4. The van der Waals surface area contributed by atoms with Crippen LogP contribution < -0.4 is 4.90 Å². The summed E-state index contributed by atoms with van der Waals surface area (Å²) >= 11 is 6.31. The summed E-state index contributed by atoms with van der Waals surface area (Å²) in [5.41, 5.74) is 2.25. The van der Waals surface area contributed by atoms with Crippen molar-refractivity contribution < 1.29 is 8.42 Å². The molecule has 0 aliphatic rings. The van der Waals surface area contributed by atoms with Crippen LogP contribution in [0, 0.1) is 0 Å². The van der Waals surface area contributed by atoms with Crippen molar-refractivity contribution in [1.29, 1.82) is 0 Å². The van der Waals surface area contributed by atoms with E-state index in [2.05, 4.69) is 0 Å². The van der Waals surface area contributed by atoms with Gasteiger partial charge in [0.2, 0.25) is 0 Å². The van der Waals surface area contributed by atoms with Gasteiger partial charge in [0.15, 0.2) is 9.84 Å². The second kappa shape index (κ2) is 5.46. The van der Waals surface area contributed by atoms with Crippen molar-refractivity contribution in [2.45, 2.75) is 4.90 Å². The molecular formula is C15H16ClNO2S. The van der Waals surface area contributed by atoms with Gasteiger partial charge in [0.05, 0.1) is 9.92 Å². The largest absolute Gasteiger partial charge is 0.377 e. The molecule has 0 bridgehead atoms. The van der Waals surface area contributed by atoms with E-state index in [1.807, 2.05) is 37.2 Å². The van der Waals surface area contributed by atoms with Gasteiger partial charge in [-0.15, -0.1) is 0 Å². The Labute approximate surface area is 124 Å². The maximum Gasteiger partial charge on any atom is 0.176 e. The van der Waals surface area contributed by atoms with Gasteiger partial charge in [0, 0.05) is 37.2 Å². The van der Waals surface area contributed by atoms with Crippen LogP contribution in [0.3, 0.4) is 0 Å². The molecule has 0 saturated carbocycles. The van der Waals surface area contributed by atoms with E-state index in [1.165, 1.54) is 6.26 Å². The van der Waals surface area contributed by atoms with Crippen molar-refractivity contribution in [3.05, 3.63) is 47.5 Å². The highest BCUT2D eigenvalue weighted by atomic mass is 35.5. The maximum atomic E-state index is 12.0. The Balaban J connectivity index is 2.83. The van der Waals surface area contributed by atoms with Gasteiger partial charge in [-0.2, -0.15) is 0 Å². The van der Waals surface area contributed by atoms with Crippen LogP contribution in [0.15, 0.2) is 47.4 Å². The number of hydrogen-bond acceptors (Lipinski definition) is 3. The van der Waals surface area contributed by atoms with E-state index in [-0.39, 0.29) is 4.90 Å². The van der Waals surface area contributed by atoms with Crippen LogP contribution in [0.4, 0.5) is 5.69 Å². The first kappa shape index (κ1) is 14.9. The summed E-state index contributed by atoms with van der Waals surface area (Å²) in [7, 11) is 0.484. The fraction of sp³-hybridized carbons (Fsp3) is 0.200. The molecule has 0 aromatic heterocycles. The van der Waals surface area contributed by atoms with E-state index in [0.717, 1.165) is 11.3 Å². The van der Waals surface area contributed by atoms with Gasteiger partial charge in [0.25, 0.3) is 0 Å². The fourth-order valence-electron chi connectivity index (χ4n) is 2.15. The summed E-state index contributed by atoms with van der Waals surface area (Å²) in [4.78, 5) is 2.21. The average molecular weight is 310 g/mol. The molecule has 0 spiro atoms. The molecule has 5 heteroatoms. The van der Waals surface area contributed by atoms with Crippen LogP contribution in [-0.2, 0) is 9.84 Å². The first-order valence-electron chi connectivity index (χ1n) is 6.07. The summed E-state index contributed by atoms with van der Waals surface area (Å²) < 4.78 is 23.9. The number of nitrogens with zero attached hydrogens (tertiary/aromatic N) is 1. The van der Waals surface area contributed by atoms with Crippen molar-refractivity contribution in [3.63, 3.8) is 0 Å².